The molecule has 0 aliphatic heterocycles. The highest BCUT2D eigenvalue weighted by Gasteiger charge is 2.02. The zero-order valence-corrected chi connectivity index (χ0v) is 8.81. The average Bonchev–Trinajstić information content (AvgIpc) is 2.67. The zero-order chi connectivity index (χ0) is 9.97. The molecular formula is C10H8Cl2N2. The van der Waals surface area contributed by atoms with Crippen LogP contribution in [-0.2, 0) is 5.88 Å². The minimum absolute atomic E-state index is 0.445. The normalized spacial score (nSPS) is 10.4. The lowest BCUT2D eigenvalue weighted by Crippen LogP contribution is -1.76. The third-order valence-corrected chi connectivity index (χ3v) is 2.45. The summed E-state index contributed by atoms with van der Waals surface area (Å²) in [5.74, 6) is 0.445. The average molecular weight is 227 g/mol. The lowest BCUT2D eigenvalue weighted by Gasteiger charge is -1.94. The molecule has 0 amide bonds. The third-order valence-electron chi connectivity index (χ3n) is 1.91. The van der Waals surface area contributed by atoms with Crippen LogP contribution in [0.4, 0.5) is 0 Å². The van der Waals surface area contributed by atoms with Crippen LogP contribution in [0.3, 0.4) is 0 Å². The lowest BCUT2D eigenvalue weighted by molar-refractivity contribution is 1.04. The molecule has 0 fully saturated rings. The number of nitrogens with one attached hydrogen (secondary N) is 1. The zero-order valence-electron chi connectivity index (χ0n) is 7.30. The van der Waals surface area contributed by atoms with Crippen molar-refractivity contribution < 1.29 is 0 Å². The monoisotopic (exact) mass is 226 g/mol. The fourth-order valence-corrected chi connectivity index (χ4v) is 1.46. The number of alkyl halides is 1. The molecule has 4 heteroatoms. The van der Waals surface area contributed by atoms with Gasteiger partial charge in [-0.3, -0.25) is 5.10 Å². The Labute approximate surface area is 91.9 Å². The molecule has 0 spiro atoms. The van der Waals surface area contributed by atoms with Gasteiger partial charge in [-0.05, 0) is 18.2 Å². The van der Waals surface area contributed by atoms with E-state index in [9.17, 15) is 0 Å². The minimum atomic E-state index is 0.445. The number of aromatic amines is 1. The highest BCUT2D eigenvalue weighted by molar-refractivity contribution is 6.30. The first-order valence-corrected chi connectivity index (χ1v) is 5.07. The highest BCUT2D eigenvalue weighted by atomic mass is 35.5. The second-order valence-electron chi connectivity index (χ2n) is 2.92. The number of benzene rings is 1. The van der Waals surface area contributed by atoms with Crippen LogP contribution in [0, 0.1) is 0 Å². The van der Waals surface area contributed by atoms with Crippen molar-refractivity contribution in [3.63, 3.8) is 0 Å². The summed E-state index contributed by atoms with van der Waals surface area (Å²) in [5.41, 5.74) is 2.83. The molecule has 0 aliphatic carbocycles. The van der Waals surface area contributed by atoms with Crippen molar-refractivity contribution in [1.82, 2.24) is 10.2 Å². The van der Waals surface area contributed by atoms with Gasteiger partial charge in [0.25, 0.3) is 0 Å². The van der Waals surface area contributed by atoms with Gasteiger partial charge in [-0.15, -0.1) is 11.6 Å². The lowest BCUT2D eigenvalue weighted by atomic mass is 10.1. The predicted molar refractivity (Wildman–Crippen MR) is 58.6 cm³/mol. The molecule has 1 heterocycles. The van der Waals surface area contributed by atoms with Crippen molar-refractivity contribution in [2.75, 3.05) is 0 Å². The van der Waals surface area contributed by atoms with Gasteiger partial charge in [0.15, 0.2) is 0 Å². The molecule has 2 rings (SSSR count). The summed E-state index contributed by atoms with van der Waals surface area (Å²) in [6, 6.07) is 9.46. The van der Waals surface area contributed by atoms with E-state index in [0.29, 0.717) is 5.88 Å². The van der Waals surface area contributed by atoms with Gasteiger partial charge < -0.3 is 0 Å². The molecule has 1 aromatic carbocycles. The number of rotatable bonds is 2. The largest absolute Gasteiger partial charge is 0.281 e. The van der Waals surface area contributed by atoms with Gasteiger partial charge in [0, 0.05) is 10.6 Å². The summed E-state index contributed by atoms with van der Waals surface area (Å²) in [7, 11) is 0. The molecule has 0 bridgehead atoms. The first-order valence-electron chi connectivity index (χ1n) is 4.16. The Morgan fingerprint density at radius 2 is 1.93 bits per heavy atom. The Hall–Kier alpha value is -0.990. The molecule has 0 unspecified atom stereocenters. The van der Waals surface area contributed by atoms with E-state index in [1.807, 2.05) is 30.3 Å². The van der Waals surface area contributed by atoms with Crippen molar-refractivity contribution in [3.05, 3.63) is 41.0 Å². The van der Waals surface area contributed by atoms with Crippen LogP contribution in [0.5, 0.6) is 0 Å². The Kier molecular flexibility index (Phi) is 2.75. The smallest absolute Gasteiger partial charge is 0.0923 e. The van der Waals surface area contributed by atoms with E-state index in [1.165, 1.54) is 0 Å². The van der Waals surface area contributed by atoms with E-state index >= 15 is 0 Å². The van der Waals surface area contributed by atoms with Gasteiger partial charge >= 0.3 is 0 Å². The second kappa shape index (κ2) is 4.03. The van der Waals surface area contributed by atoms with E-state index in [-0.39, 0.29) is 0 Å². The van der Waals surface area contributed by atoms with Crippen LogP contribution in [-0.4, -0.2) is 10.2 Å². The second-order valence-corrected chi connectivity index (χ2v) is 3.62. The maximum atomic E-state index is 5.78. The first kappa shape index (κ1) is 9.56. The number of hydrogen-bond donors (Lipinski definition) is 1. The van der Waals surface area contributed by atoms with Crippen molar-refractivity contribution >= 4 is 23.2 Å². The molecule has 0 saturated carbocycles. The van der Waals surface area contributed by atoms with E-state index in [4.69, 9.17) is 23.2 Å². The van der Waals surface area contributed by atoms with Crippen molar-refractivity contribution in [1.29, 1.82) is 0 Å². The Morgan fingerprint density at radius 3 is 2.50 bits per heavy atom. The molecule has 1 aromatic heterocycles. The van der Waals surface area contributed by atoms with Gasteiger partial charge in [0.05, 0.1) is 17.3 Å². The third kappa shape index (κ3) is 1.91. The van der Waals surface area contributed by atoms with E-state index < -0.39 is 0 Å². The fraction of sp³-hybridized carbons (Fsp3) is 0.100. The Bertz CT molecular complexity index is 420. The molecule has 72 valence electrons. The quantitative estimate of drug-likeness (QED) is 0.781. The molecular weight excluding hydrogens is 219 g/mol. The molecule has 0 aliphatic rings. The summed E-state index contributed by atoms with van der Waals surface area (Å²) in [4.78, 5) is 0. The highest BCUT2D eigenvalue weighted by Crippen LogP contribution is 2.20. The van der Waals surface area contributed by atoms with Crippen molar-refractivity contribution in [2.45, 2.75) is 5.88 Å². The predicted octanol–water partition coefficient (Wildman–Crippen LogP) is 3.47. The molecule has 0 saturated heterocycles. The van der Waals surface area contributed by atoms with E-state index in [0.717, 1.165) is 22.0 Å². The van der Waals surface area contributed by atoms with Gasteiger partial charge in [-0.25, -0.2) is 0 Å². The van der Waals surface area contributed by atoms with Crippen molar-refractivity contribution in [2.24, 2.45) is 0 Å². The van der Waals surface area contributed by atoms with Gasteiger partial charge in [-0.1, -0.05) is 23.7 Å². The fourth-order valence-electron chi connectivity index (χ4n) is 1.20. The van der Waals surface area contributed by atoms with Crippen LogP contribution in [0.1, 0.15) is 5.69 Å². The summed E-state index contributed by atoms with van der Waals surface area (Å²) < 4.78 is 0. The number of nitrogens with zero attached hydrogens (tertiary/aromatic N) is 1. The topological polar surface area (TPSA) is 28.7 Å². The molecule has 2 aromatic rings. The Balaban J connectivity index is 2.34. The maximum Gasteiger partial charge on any atom is 0.0923 e. The summed E-state index contributed by atoms with van der Waals surface area (Å²) in [6.45, 7) is 0. The van der Waals surface area contributed by atoms with Crippen LogP contribution in [0.2, 0.25) is 5.02 Å². The standard InChI is InChI=1S/C10H8Cl2N2/c11-6-9-5-10(14-13-9)7-1-3-8(12)4-2-7/h1-5H,6H2,(H,13,14). The van der Waals surface area contributed by atoms with Crippen LogP contribution >= 0.6 is 23.2 Å². The summed E-state index contributed by atoms with van der Waals surface area (Å²) in [5, 5.41) is 7.71. The molecule has 2 nitrogen and oxygen atoms in total. The first-order chi connectivity index (χ1) is 6.79. The number of halogens is 2. The Morgan fingerprint density at radius 1 is 1.21 bits per heavy atom. The number of hydrogen-bond acceptors (Lipinski definition) is 1. The number of aromatic nitrogens is 2. The number of H-pyrrole nitrogens is 1. The van der Waals surface area contributed by atoms with Crippen LogP contribution in [0.25, 0.3) is 11.3 Å². The minimum Gasteiger partial charge on any atom is -0.281 e. The summed E-state index contributed by atoms with van der Waals surface area (Å²) >= 11 is 11.4. The van der Waals surface area contributed by atoms with Crippen molar-refractivity contribution in [3.8, 4) is 11.3 Å². The van der Waals surface area contributed by atoms with E-state index in [2.05, 4.69) is 10.2 Å². The van der Waals surface area contributed by atoms with Crippen LogP contribution in [0.15, 0.2) is 30.3 Å². The van der Waals surface area contributed by atoms with Gasteiger partial charge in [-0.2, -0.15) is 5.10 Å². The van der Waals surface area contributed by atoms with E-state index in [1.54, 1.807) is 0 Å². The molecule has 1 N–H and O–H groups in total. The van der Waals surface area contributed by atoms with Gasteiger partial charge in [0.2, 0.25) is 0 Å². The maximum absolute atomic E-state index is 5.78. The molecule has 14 heavy (non-hydrogen) atoms. The SMILES string of the molecule is ClCc1cc(-c2ccc(Cl)cc2)n[nH]1. The summed E-state index contributed by atoms with van der Waals surface area (Å²) in [6.07, 6.45) is 0. The molecule has 0 atom stereocenters. The molecule has 0 radical (unpaired) electrons. The van der Waals surface area contributed by atoms with Crippen LogP contribution < -0.4 is 0 Å². The van der Waals surface area contributed by atoms with Gasteiger partial charge in [0.1, 0.15) is 0 Å².